The number of benzene rings is 2. The number of carbonyl (C=O) groups excluding carboxylic acids is 2. The summed E-state index contributed by atoms with van der Waals surface area (Å²) in [6.45, 7) is 0.668. The summed E-state index contributed by atoms with van der Waals surface area (Å²) in [4.78, 5) is 23.6. The lowest BCUT2D eigenvalue weighted by Gasteiger charge is -2.23. The molecule has 0 saturated heterocycles. The number of thioether (sulfide) groups is 1. The van der Waals surface area contributed by atoms with Gasteiger partial charge in [-0.25, -0.2) is 0 Å². The standard InChI is InChI=1S/C20H22N2O3S/c23-19(13-26-12-14-6-2-1-3-7-14)22-18(20(24)25)10-15-11-21-17-9-5-4-8-16(15)17/h1-9,15,18,21H,10-13H2,(H,22,23)(H,24,25)/p-1. The lowest BCUT2D eigenvalue weighted by atomic mass is 9.94. The molecular formula is C20H21N2O3S-. The smallest absolute Gasteiger partial charge is 0.230 e. The van der Waals surface area contributed by atoms with Crippen LogP contribution in [0.1, 0.15) is 23.5 Å². The van der Waals surface area contributed by atoms with Gasteiger partial charge in [0.15, 0.2) is 0 Å². The van der Waals surface area contributed by atoms with Gasteiger partial charge in [-0.2, -0.15) is 0 Å². The van der Waals surface area contributed by atoms with Gasteiger partial charge < -0.3 is 20.5 Å². The van der Waals surface area contributed by atoms with E-state index in [4.69, 9.17) is 0 Å². The zero-order valence-electron chi connectivity index (χ0n) is 14.3. The van der Waals surface area contributed by atoms with Crippen molar-refractivity contribution in [3.63, 3.8) is 0 Å². The molecule has 1 aliphatic rings. The van der Waals surface area contributed by atoms with Crippen LogP contribution in [-0.4, -0.2) is 30.2 Å². The van der Waals surface area contributed by atoms with Crippen LogP contribution in [0.2, 0.25) is 0 Å². The van der Waals surface area contributed by atoms with E-state index in [9.17, 15) is 14.7 Å². The Bertz CT molecular complexity index is 767. The number of fused-ring (bicyclic) bond motifs is 1. The largest absolute Gasteiger partial charge is 0.548 e. The first-order valence-corrected chi connectivity index (χ1v) is 9.73. The van der Waals surface area contributed by atoms with Gasteiger partial charge in [0, 0.05) is 23.9 Å². The summed E-state index contributed by atoms with van der Waals surface area (Å²) in [5, 5.41) is 17.4. The topological polar surface area (TPSA) is 81.3 Å². The fourth-order valence-corrected chi connectivity index (χ4v) is 3.94. The molecule has 0 aromatic heterocycles. The van der Waals surface area contributed by atoms with Gasteiger partial charge in [-0.05, 0) is 23.6 Å². The zero-order chi connectivity index (χ0) is 18.4. The SMILES string of the molecule is O=C(CSCc1ccccc1)NC(CC1CNc2ccccc21)C(=O)[O-]. The molecule has 2 aromatic carbocycles. The summed E-state index contributed by atoms with van der Waals surface area (Å²) in [6.07, 6.45) is 0.321. The minimum absolute atomic E-state index is 0.0476. The molecule has 0 bridgehead atoms. The van der Waals surface area contributed by atoms with Crippen molar-refractivity contribution < 1.29 is 14.7 Å². The molecule has 1 heterocycles. The highest BCUT2D eigenvalue weighted by atomic mass is 32.2. The van der Waals surface area contributed by atoms with Crippen LogP contribution >= 0.6 is 11.8 Å². The summed E-state index contributed by atoms with van der Waals surface area (Å²) in [6, 6.07) is 16.7. The van der Waals surface area contributed by atoms with E-state index in [0.717, 1.165) is 16.8 Å². The molecule has 0 fully saturated rings. The van der Waals surface area contributed by atoms with Crippen LogP contribution in [-0.2, 0) is 15.3 Å². The lowest BCUT2D eigenvalue weighted by Crippen LogP contribution is -2.49. The van der Waals surface area contributed by atoms with E-state index in [1.807, 2.05) is 54.6 Å². The molecule has 2 atom stereocenters. The first-order valence-electron chi connectivity index (χ1n) is 8.58. The van der Waals surface area contributed by atoms with Crippen molar-refractivity contribution in [1.29, 1.82) is 0 Å². The summed E-state index contributed by atoms with van der Waals surface area (Å²) in [5.41, 5.74) is 3.25. The van der Waals surface area contributed by atoms with Gasteiger partial charge in [0.2, 0.25) is 5.91 Å². The van der Waals surface area contributed by atoms with Gasteiger partial charge in [0.05, 0.1) is 17.8 Å². The molecular weight excluding hydrogens is 348 g/mol. The normalized spacial score (nSPS) is 16.4. The molecule has 0 aliphatic carbocycles. The maximum Gasteiger partial charge on any atom is 0.230 e. The molecule has 136 valence electrons. The highest BCUT2D eigenvalue weighted by molar-refractivity contribution is 7.99. The van der Waals surface area contributed by atoms with Crippen molar-refractivity contribution in [2.75, 3.05) is 17.6 Å². The minimum atomic E-state index is -1.24. The van der Waals surface area contributed by atoms with E-state index in [1.54, 1.807) is 0 Å². The van der Waals surface area contributed by atoms with Gasteiger partial charge in [-0.1, -0.05) is 48.5 Å². The Hall–Kier alpha value is -2.47. The fraction of sp³-hybridized carbons (Fsp3) is 0.300. The number of rotatable bonds is 8. The Kier molecular flexibility index (Phi) is 6.17. The predicted octanol–water partition coefficient (Wildman–Crippen LogP) is 1.75. The van der Waals surface area contributed by atoms with E-state index >= 15 is 0 Å². The number of anilines is 1. The van der Waals surface area contributed by atoms with Crippen LogP contribution in [0.25, 0.3) is 0 Å². The van der Waals surface area contributed by atoms with Crippen molar-refractivity contribution in [3.8, 4) is 0 Å². The van der Waals surface area contributed by atoms with E-state index in [0.29, 0.717) is 18.7 Å². The summed E-state index contributed by atoms with van der Waals surface area (Å²) in [7, 11) is 0. The molecule has 0 spiro atoms. The molecule has 0 radical (unpaired) electrons. The third-order valence-corrected chi connectivity index (χ3v) is 5.43. The quantitative estimate of drug-likeness (QED) is 0.741. The van der Waals surface area contributed by atoms with E-state index in [1.165, 1.54) is 11.8 Å². The van der Waals surface area contributed by atoms with Crippen LogP contribution in [0, 0.1) is 0 Å². The summed E-state index contributed by atoms with van der Waals surface area (Å²) < 4.78 is 0. The Morgan fingerprint density at radius 2 is 1.88 bits per heavy atom. The maximum absolute atomic E-state index is 12.1. The van der Waals surface area contributed by atoms with Crippen molar-refractivity contribution in [3.05, 3.63) is 65.7 Å². The van der Waals surface area contributed by atoms with Crippen molar-refractivity contribution in [2.45, 2.75) is 24.1 Å². The second kappa shape index (κ2) is 8.76. The van der Waals surface area contributed by atoms with Crippen LogP contribution in [0.5, 0.6) is 0 Å². The number of amides is 1. The lowest BCUT2D eigenvalue weighted by molar-refractivity contribution is -0.308. The number of carbonyl (C=O) groups is 2. The van der Waals surface area contributed by atoms with Gasteiger partial charge in [0.25, 0.3) is 0 Å². The number of nitrogens with one attached hydrogen (secondary N) is 2. The van der Waals surface area contributed by atoms with E-state index in [2.05, 4.69) is 10.6 Å². The van der Waals surface area contributed by atoms with Crippen LogP contribution in [0.3, 0.4) is 0 Å². The summed E-state index contributed by atoms with van der Waals surface area (Å²) >= 11 is 1.46. The first kappa shape index (κ1) is 18.3. The van der Waals surface area contributed by atoms with Crippen LogP contribution < -0.4 is 15.7 Å². The second-order valence-electron chi connectivity index (χ2n) is 6.32. The molecule has 1 aliphatic heterocycles. The molecule has 1 amide bonds. The third-order valence-electron chi connectivity index (χ3n) is 4.42. The van der Waals surface area contributed by atoms with Gasteiger partial charge in [0.1, 0.15) is 0 Å². The van der Waals surface area contributed by atoms with Crippen LogP contribution in [0.4, 0.5) is 5.69 Å². The van der Waals surface area contributed by atoms with Gasteiger partial charge >= 0.3 is 0 Å². The molecule has 2 N–H and O–H groups in total. The third kappa shape index (κ3) is 4.79. The molecule has 6 heteroatoms. The molecule has 2 aromatic rings. The molecule has 26 heavy (non-hydrogen) atoms. The Balaban J connectivity index is 1.50. The fourth-order valence-electron chi connectivity index (χ4n) is 3.14. The average Bonchev–Trinajstić information content (AvgIpc) is 3.05. The number of aliphatic carboxylic acids is 1. The monoisotopic (exact) mass is 369 g/mol. The Labute approximate surface area is 157 Å². The predicted molar refractivity (Wildman–Crippen MR) is 102 cm³/mol. The number of carboxylic acid groups (broad SMARTS) is 1. The highest BCUT2D eigenvalue weighted by Gasteiger charge is 2.26. The highest BCUT2D eigenvalue weighted by Crippen LogP contribution is 2.33. The maximum atomic E-state index is 12.1. The van der Waals surface area contributed by atoms with E-state index in [-0.39, 0.29) is 17.6 Å². The Morgan fingerprint density at radius 1 is 1.15 bits per heavy atom. The molecule has 2 unspecified atom stereocenters. The van der Waals surface area contributed by atoms with Crippen molar-refractivity contribution in [1.82, 2.24) is 5.32 Å². The number of para-hydroxylation sites is 1. The Morgan fingerprint density at radius 3 is 2.65 bits per heavy atom. The van der Waals surface area contributed by atoms with Crippen LogP contribution in [0.15, 0.2) is 54.6 Å². The minimum Gasteiger partial charge on any atom is -0.548 e. The second-order valence-corrected chi connectivity index (χ2v) is 7.30. The summed E-state index contributed by atoms with van der Waals surface area (Å²) in [5.74, 6) is -0.538. The first-order chi connectivity index (χ1) is 12.6. The van der Waals surface area contributed by atoms with Crippen molar-refractivity contribution >= 4 is 29.3 Å². The number of hydrogen-bond donors (Lipinski definition) is 2. The van der Waals surface area contributed by atoms with Crippen molar-refractivity contribution in [2.24, 2.45) is 0 Å². The van der Waals surface area contributed by atoms with E-state index < -0.39 is 12.0 Å². The zero-order valence-corrected chi connectivity index (χ0v) is 15.1. The van der Waals surface area contributed by atoms with Gasteiger partial charge in [-0.3, -0.25) is 4.79 Å². The molecule has 5 nitrogen and oxygen atoms in total. The van der Waals surface area contributed by atoms with Gasteiger partial charge in [-0.15, -0.1) is 11.8 Å². The number of carboxylic acids is 1. The average molecular weight is 369 g/mol. The number of hydrogen-bond acceptors (Lipinski definition) is 5. The molecule has 3 rings (SSSR count). The molecule has 0 saturated carbocycles.